The molecule has 88 valence electrons. The number of hydrogen-bond acceptors (Lipinski definition) is 1. The Morgan fingerprint density at radius 2 is 2.25 bits per heavy atom. The fourth-order valence-electron chi connectivity index (χ4n) is 2.04. The van der Waals surface area contributed by atoms with E-state index in [1.807, 2.05) is 12.1 Å². The third-order valence-electron chi connectivity index (χ3n) is 3.05. The molecule has 0 saturated heterocycles. The molecule has 1 aromatic rings. The third kappa shape index (κ3) is 3.22. The summed E-state index contributed by atoms with van der Waals surface area (Å²) in [6.07, 6.45) is 4.01. The zero-order valence-corrected chi connectivity index (χ0v) is 11.8. The number of hydrogen-bond donors (Lipinski definition) is 1. The zero-order valence-electron chi connectivity index (χ0n) is 9.47. The first-order valence-electron chi connectivity index (χ1n) is 5.89. The minimum atomic E-state index is 0.436. The summed E-state index contributed by atoms with van der Waals surface area (Å²) >= 11 is 9.68. The molecule has 16 heavy (non-hydrogen) atoms. The van der Waals surface area contributed by atoms with Crippen molar-refractivity contribution in [1.82, 2.24) is 5.32 Å². The number of halogens is 2. The largest absolute Gasteiger partial charge is 0.310 e. The molecule has 0 aliphatic heterocycles. The first kappa shape index (κ1) is 12.4. The molecular formula is C13H17BrClN. The van der Waals surface area contributed by atoms with Crippen LogP contribution in [-0.2, 0) is 0 Å². The number of benzene rings is 1. The van der Waals surface area contributed by atoms with Crippen LogP contribution in [0, 0.1) is 5.92 Å². The molecule has 1 saturated carbocycles. The predicted octanol–water partition coefficient (Wildman–Crippen LogP) is 4.55. The molecular weight excluding hydrogens is 286 g/mol. The van der Waals surface area contributed by atoms with Crippen LogP contribution in [-0.4, -0.2) is 6.54 Å². The monoisotopic (exact) mass is 301 g/mol. The van der Waals surface area contributed by atoms with Gasteiger partial charge in [0.15, 0.2) is 0 Å². The Hall–Kier alpha value is -0.0500. The van der Waals surface area contributed by atoms with E-state index in [0.717, 1.165) is 22.0 Å². The third-order valence-corrected chi connectivity index (χ3v) is 4.01. The zero-order chi connectivity index (χ0) is 11.5. The summed E-state index contributed by atoms with van der Waals surface area (Å²) in [6.45, 7) is 3.15. The molecule has 1 aliphatic rings. The number of nitrogens with one attached hydrogen (secondary N) is 1. The Bertz CT molecular complexity index is 363. The highest BCUT2D eigenvalue weighted by Gasteiger charge is 2.26. The van der Waals surface area contributed by atoms with Crippen LogP contribution in [0.2, 0.25) is 5.02 Å². The van der Waals surface area contributed by atoms with Gasteiger partial charge in [0.2, 0.25) is 0 Å². The van der Waals surface area contributed by atoms with Gasteiger partial charge >= 0.3 is 0 Å². The molecule has 1 atom stereocenters. The smallest absolute Gasteiger partial charge is 0.0410 e. The van der Waals surface area contributed by atoms with Crippen LogP contribution in [0.15, 0.2) is 22.7 Å². The molecule has 2 rings (SSSR count). The number of rotatable bonds is 5. The van der Waals surface area contributed by atoms with Crippen molar-refractivity contribution < 1.29 is 0 Å². The Balaban J connectivity index is 2.18. The van der Waals surface area contributed by atoms with Crippen LogP contribution in [0.25, 0.3) is 0 Å². The van der Waals surface area contributed by atoms with Crippen molar-refractivity contribution >= 4 is 27.5 Å². The summed E-state index contributed by atoms with van der Waals surface area (Å²) in [7, 11) is 0. The van der Waals surface area contributed by atoms with Gasteiger partial charge in [-0.2, -0.15) is 0 Å². The van der Waals surface area contributed by atoms with E-state index >= 15 is 0 Å². The molecule has 0 bridgehead atoms. The van der Waals surface area contributed by atoms with E-state index in [4.69, 9.17) is 11.6 Å². The summed E-state index contributed by atoms with van der Waals surface area (Å²) in [5.74, 6) is 0.912. The predicted molar refractivity (Wildman–Crippen MR) is 72.9 cm³/mol. The maximum Gasteiger partial charge on any atom is 0.0410 e. The van der Waals surface area contributed by atoms with E-state index in [-0.39, 0.29) is 0 Å². The summed E-state index contributed by atoms with van der Waals surface area (Å²) < 4.78 is 1.16. The maximum absolute atomic E-state index is 6.06. The first-order valence-corrected chi connectivity index (χ1v) is 7.06. The topological polar surface area (TPSA) is 12.0 Å². The van der Waals surface area contributed by atoms with Crippen molar-refractivity contribution in [2.75, 3.05) is 6.54 Å². The molecule has 1 fully saturated rings. The summed E-state index contributed by atoms with van der Waals surface area (Å²) in [5.41, 5.74) is 1.29. The van der Waals surface area contributed by atoms with E-state index in [1.54, 1.807) is 0 Å². The lowest BCUT2D eigenvalue weighted by molar-refractivity contribution is 0.485. The van der Waals surface area contributed by atoms with Crippen molar-refractivity contribution in [3.05, 3.63) is 33.3 Å². The van der Waals surface area contributed by atoms with Gasteiger partial charge in [0.1, 0.15) is 0 Å². The standard InChI is InChI=1S/C13H17BrClN/c1-2-16-13(7-9-3-4-9)11-8-10(15)5-6-12(11)14/h5-6,8-9,13,16H,2-4,7H2,1H3. The first-order chi connectivity index (χ1) is 7.70. The lowest BCUT2D eigenvalue weighted by Gasteiger charge is -2.19. The van der Waals surface area contributed by atoms with E-state index in [2.05, 4.69) is 34.2 Å². The van der Waals surface area contributed by atoms with E-state index in [9.17, 15) is 0 Å². The summed E-state index contributed by atoms with van der Waals surface area (Å²) in [5, 5.41) is 4.37. The molecule has 1 aliphatic carbocycles. The Labute approximate surface area is 111 Å². The second-order valence-electron chi connectivity index (χ2n) is 4.46. The average molecular weight is 303 g/mol. The molecule has 0 heterocycles. The van der Waals surface area contributed by atoms with E-state index in [0.29, 0.717) is 6.04 Å². The lowest BCUT2D eigenvalue weighted by atomic mass is 10.0. The van der Waals surface area contributed by atoms with E-state index in [1.165, 1.54) is 24.8 Å². The van der Waals surface area contributed by atoms with Crippen molar-refractivity contribution in [1.29, 1.82) is 0 Å². The highest BCUT2D eigenvalue weighted by atomic mass is 79.9. The fourth-order valence-corrected chi connectivity index (χ4v) is 2.74. The minimum Gasteiger partial charge on any atom is -0.310 e. The van der Waals surface area contributed by atoms with Crippen molar-refractivity contribution in [3.63, 3.8) is 0 Å². The average Bonchev–Trinajstić information content (AvgIpc) is 3.05. The van der Waals surface area contributed by atoms with Crippen LogP contribution in [0.4, 0.5) is 0 Å². The van der Waals surface area contributed by atoms with Gasteiger partial charge in [-0.25, -0.2) is 0 Å². The van der Waals surface area contributed by atoms with Crippen LogP contribution in [0.1, 0.15) is 37.8 Å². The van der Waals surface area contributed by atoms with Gasteiger partial charge in [-0.3, -0.25) is 0 Å². The SMILES string of the molecule is CCNC(CC1CC1)c1cc(Cl)ccc1Br. The Kier molecular flexibility index (Phi) is 4.28. The van der Waals surface area contributed by atoms with Crippen LogP contribution < -0.4 is 5.32 Å². The molecule has 0 amide bonds. The maximum atomic E-state index is 6.06. The molecule has 0 aromatic heterocycles. The van der Waals surface area contributed by atoms with Crippen LogP contribution in [0.5, 0.6) is 0 Å². The Morgan fingerprint density at radius 1 is 1.50 bits per heavy atom. The highest BCUT2D eigenvalue weighted by Crippen LogP contribution is 2.39. The second-order valence-corrected chi connectivity index (χ2v) is 5.75. The van der Waals surface area contributed by atoms with Crippen molar-refractivity contribution in [3.8, 4) is 0 Å². The highest BCUT2D eigenvalue weighted by molar-refractivity contribution is 9.10. The van der Waals surface area contributed by atoms with Gasteiger partial charge in [0.25, 0.3) is 0 Å². The molecule has 0 spiro atoms. The van der Waals surface area contributed by atoms with Gasteiger partial charge < -0.3 is 5.32 Å². The van der Waals surface area contributed by atoms with Crippen LogP contribution in [0.3, 0.4) is 0 Å². The Morgan fingerprint density at radius 3 is 2.88 bits per heavy atom. The van der Waals surface area contributed by atoms with Gasteiger partial charge in [-0.1, -0.05) is 47.3 Å². The van der Waals surface area contributed by atoms with Crippen molar-refractivity contribution in [2.24, 2.45) is 5.92 Å². The quantitative estimate of drug-likeness (QED) is 0.841. The van der Waals surface area contributed by atoms with Gasteiger partial charge in [0.05, 0.1) is 0 Å². The van der Waals surface area contributed by atoms with Crippen molar-refractivity contribution in [2.45, 2.75) is 32.2 Å². The van der Waals surface area contributed by atoms with Gasteiger partial charge in [0, 0.05) is 15.5 Å². The lowest BCUT2D eigenvalue weighted by Crippen LogP contribution is -2.21. The molecule has 0 radical (unpaired) electrons. The molecule has 1 nitrogen and oxygen atoms in total. The van der Waals surface area contributed by atoms with Gasteiger partial charge in [-0.15, -0.1) is 0 Å². The summed E-state index contributed by atoms with van der Waals surface area (Å²) in [6, 6.07) is 6.47. The fraction of sp³-hybridized carbons (Fsp3) is 0.538. The van der Waals surface area contributed by atoms with E-state index < -0.39 is 0 Å². The minimum absolute atomic E-state index is 0.436. The van der Waals surface area contributed by atoms with Gasteiger partial charge in [-0.05, 0) is 42.6 Å². The normalized spacial score (nSPS) is 17.4. The van der Waals surface area contributed by atoms with Crippen LogP contribution >= 0.6 is 27.5 Å². The second kappa shape index (κ2) is 5.52. The molecule has 3 heteroatoms. The molecule has 1 unspecified atom stereocenters. The molecule has 1 aromatic carbocycles. The molecule has 1 N–H and O–H groups in total. The summed E-state index contributed by atoms with van der Waals surface area (Å²) in [4.78, 5) is 0.